The standard InChI is InChI=1S/C6H13NO2S/c1-7(2)3-4-9-6(8)5-10/h10H,3-5H2,1-2H3. The summed E-state index contributed by atoms with van der Waals surface area (Å²) in [5.41, 5.74) is 0. The summed E-state index contributed by atoms with van der Waals surface area (Å²) < 4.78 is 4.74. The molecule has 4 heteroatoms. The van der Waals surface area contributed by atoms with Crippen molar-refractivity contribution in [3.63, 3.8) is 0 Å². The molecule has 0 aromatic rings. The second-order valence-corrected chi connectivity index (χ2v) is 2.50. The first kappa shape index (κ1) is 9.78. The third-order valence-corrected chi connectivity index (χ3v) is 1.19. The summed E-state index contributed by atoms with van der Waals surface area (Å²) in [6.45, 7) is 1.21. The van der Waals surface area contributed by atoms with Gasteiger partial charge in [-0.1, -0.05) is 0 Å². The average Bonchev–Trinajstić information content (AvgIpc) is 1.87. The first-order valence-corrected chi connectivity index (χ1v) is 3.71. The van der Waals surface area contributed by atoms with E-state index in [4.69, 9.17) is 4.74 Å². The first-order valence-electron chi connectivity index (χ1n) is 3.08. The van der Waals surface area contributed by atoms with Crippen molar-refractivity contribution in [3.8, 4) is 0 Å². The molecule has 0 aliphatic rings. The fourth-order valence-corrected chi connectivity index (χ4v) is 0.479. The minimum Gasteiger partial charge on any atom is -0.464 e. The molecule has 0 heterocycles. The van der Waals surface area contributed by atoms with E-state index in [0.29, 0.717) is 6.61 Å². The van der Waals surface area contributed by atoms with Gasteiger partial charge in [-0.2, -0.15) is 12.6 Å². The second-order valence-electron chi connectivity index (χ2n) is 2.18. The van der Waals surface area contributed by atoms with Crippen molar-refractivity contribution in [2.24, 2.45) is 0 Å². The maximum atomic E-state index is 10.5. The maximum absolute atomic E-state index is 10.5. The molecule has 0 amide bonds. The monoisotopic (exact) mass is 163 g/mol. The van der Waals surface area contributed by atoms with E-state index in [2.05, 4.69) is 12.6 Å². The molecule has 0 unspecified atom stereocenters. The Balaban J connectivity index is 3.12. The molecule has 0 fully saturated rings. The van der Waals surface area contributed by atoms with Crippen LogP contribution in [0.15, 0.2) is 0 Å². The van der Waals surface area contributed by atoms with Crippen molar-refractivity contribution in [1.29, 1.82) is 0 Å². The molecule has 60 valence electrons. The molecule has 0 N–H and O–H groups in total. The lowest BCUT2D eigenvalue weighted by molar-refractivity contribution is -0.140. The van der Waals surface area contributed by atoms with Gasteiger partial charge in [-0.25, -0.2) is 0 Å². The zero-order valence-corrected chi connectivity index (χ0v) is 7.23. The molecule has 0 spiro atoms. The van der Waals surface area contributed by atoms with Crippen LogP contribution in [0.2, 0.25) is 0 Å². The Morgan fingerprint density at radius 1 is 1.60 bits per heavy atom. The van der Waals surface area contributed by atoms with E-state index < -0.39 is 0 Å². The van der Waals surface area contributed by atoms with Crippen LogP contribution in [0.4, 0.5) is 0 Å². The van der Waals surface area contributed by atoms with Crippen LogP contribution in [0.5, 0.6) is 0 Å². The van der Waals surface area contributed by atoms with Gasteiger partial charge in [-0.15, -0.1) is 0 Å². The molecular weight excluding hydrogens is 150 g/mol. The Morgan fingerprint density at radius 2 is 2.20 bits per heavy atom. The Labute approximate surface area is 66.8 Å². The van der Waals surface area contributed by atoms with E-state index in [1.807, 2.05) is 19.0 Å². The molecular formula is C6H13NO2S. The van der Waals surface area contributed by atoms with Crippen LogP contribution in [0.25, 0.3) is 0 Å². The van der Waals surface area contributed by atoms with Crippen molar-refractivity contribution in [2.45, 2.75) is 0 Å². The summed E-state index contributed by atoms with van der Waals surface area (Å²) in [5.74, 6) is -0.0989. The Hall–Kier alpha value is -0.220. The number of nitrogens with zero attached hydrogens (tertiary/aromatic N) is 1. The Kier molecular flexibility index (Phi) is 5.43. The summed E-state index contributed by atoms with van der Waals surface area (Å²) in [6.07, 6.45) is 0. The summed E-state index contributed by atoms with van der Waals surface area (Å²) in [4.78, 5) is 12.4. The van der Waals surface area contributed by atoms with Gasteiger partial charge in [0.15, 0.2) is 0 Å². The summed E-state index contributed by atoms with van der Waals surface area (Å²) in [7, 11) is 3.85. The molecule has 10 heavy (non-hydrogen) atoms. The highest BCUT2D eigenvalue weighted by Gasteiger charge is 1.97. The van der Waals surface area contributed by atoms with E-state index in [9.17, 15) is 4.79 Å². The lowest BCUT2D eigenvalue weighted by atomic mass is 10.6. The second kappa shape index (κ2) is 5.56. The lowest BCUT2D eigenvalue weighted by Crippen LogP contribution is -2.20. The van der Waals surface area contributed by atoms with Crippen LogP contribution in [0.1, 0.15) is 0 Å². The minimum atomic E-state index is -0.259. The van der Waals surface area contributed by atoms with Crippen LogP contribution in [-0.2, 0) is 9.53 Å². The van der Waals surface area contributed by atoms with Crippen LogP contribution in [0, 0.1) is 0 Å². The van der Waals surface area contributed by atoms with Crippen molar-refractivity contribution < 1.29 is 9.53 Å². The van der Waals surface area contributed by atoms with Crippen LogP contribution in [-0.4, -0.2) is 43.9 Å². The fraction of sp³-hybridized carbons (Fsp3) is 0.833. The number of thiol groups is 1. The van der Waals surface area contributed by atoms with Gasteiger partial charge in [0.1, 0.15) is 6.61 Å². The minimum absolute atomic E-state index is 0.160. The smallest absolute Gasteiger partial charge is 0.315 e. The molecule has 0 saturated carbocycles. The van der Waals surface area contributed by atoms with E-state index in [1.54, 1.807) is 0 Å². The summed E-state index contributed by atoms with van der Waals surface area (Å²) in [6, 6.07) is 0. The molecule has 0 saturated heterocycles. The number of likely N-dealkylation sites (N-methyl/N-ethyl adjacent to an activating group) is 1. The number of esters is 1. The molecule has 0 atom stereocenters. The third-order valence-electron chi connectivity index (χ3n) is 0.931. The van der Waals surface area contributed by atoms with E-state index in [0.717, 1.165) is 6.54 Å². The number of carbonyl (C=O) groups is 1. The molecule has 0 aromatic heterocycles. The largest absolute Gasteiger partial charge is 0.464 e. The number of rotatable bonds is 4. The molecule has 0 aromatic carbocycles. The number of hydrogen-bond acceptors (Lipinski definition) is 4. The quantitative estimate of drug-likeness (QED) is 0.468. The van der Waals surface area contributed by atoms with Crippen molar-refractivity contribution in [1.82, 2.24) is 4.90 Å². The van der Waals surface area contributed by atoms with Crippen LogP contribution in [0.3, 0.4) is 0 Å². The van der Waals surface area contributed by atoms with Crippen molar-refractivity contribution in [3.05, 3.63) is 0 Å². The van der Waals surface area contributed by atoms with Crippen LogP contribution < -0.4 is 0 Å². The molecule has 0 bridgehead atoms. The lowest BCUT2D eigenvalue weighted by Gasteiger charge is -2.08. The van der Waals surface area contributed by atoms with Gasteiger partial charge in [0.2, 0.25) is 0 Å². The van der Waals surface area contributed by atoms with Crippen molar-refractivity contribution in [2.75, 3.05) is 33.0 Å². The van der Waals surface area contributed by atoms with Gasteiger partial charge < -0.3 is 9.64 Å². The zero-order chi connectivity index (χ0) is 7.98. The highest BCUT2D eigenvalue weighted by atomic mass is 32.1. The number of ether oxygens (including phenoxy) is 1. The topological polar surface area (TPSA) is 29.5 Å². The highest BCUT2D eigenvalue weighted by Crippen LogP contribution is 1.82. The molecule has 0 radical (unpaired) electrons. The first-order chi connectivity index (χ1) is 4.66. The molecule has 0 aliphatic heterocycles. The van der Waals surface area contributed by atoms with Gasteiger partial charge in [-0.05, 0) is 14.1 Å². The molecule has 0 aliphatic carbocycles. The fourth-order valence-electron chi connectivity index (χ4n) is 0.388. The number of carbonyl (C=O) groups excluding carboxylic acids is 1. The maximum Gasteiger partial charge on any atom is 0.315 e. The summed E-state index contributed by atoms with van der Waals surface area (Å²) in [5, 5.41) is 0. The van der Waals surface area contributed by atoms with Crippen molar-refractivity contribution >= 4 is 18.6 Å². The Bertz CT molecular complexity index is 106. The molecule has 3 nitrogen and oxygen atoms in total. The Morgan fingerprint density at radius 3 is 2.60 bits per heavy atom. The number of hydrogen-bond donors (Lipinski definition) is 1. The van der Waals surface area contributed by atoms with Gasteiger partial charge >= 0.3 is 5.97 Å². The average molecular weight is 163 g/mol. The third kappa shape index (κ3) is 5.91. The van der Waals surface area contributed by atoms with E-state index >= 15 is 0 Å². The highest BCUT2D eigenvalue weighted by molar-refractivity contribution is 7.81. The normalized spacial score (nSPS) is 10.0. The predicted octanol–water partition coefficient (Wildman–Crippen LogP) is 0.0210. The summed E-state index contributed by atoms with van der Waals surface area (Å²) >= 11 is 3.75. The van der Waals surface area contributed by atoms with Gasteiger partial charge in [-0.3, -0.25) is 4.79 Å². The van der Waals surface area contributed by atoms with Gasteiger partial charge in [0.05, 0.1) is 5.75 Å². The molecule has 0 rings (SSSR count). The van der Waals surface area contributed by atoms with E-state index in [1.165, 1.54) is 0 Å². The SMILES string of the molecule is CN(C)CCOC(=O)CS. The van der Waals surface area contributed by atoms with Gasteiger partial charge in [0.25, 0.3) is 0 Å². The predicted molar refractivity (Wildman–Crippen MR) is 43.4 cm³/mol. The zero-order valence-electron chi connectivity index (χ0n) is 6.33. The van der Waals surface area contributed by atoms with Gasteiger partial charge in [0, 0.05) is 6.54 Å². The van der Waals surface area contributed by atoms with Crippen LogP contribution >= 0.6 is 12.6 Å². The van der Waals surface area contributed by atoms with E-state index in [-0.39, 0.29) is 11.7 Å².